The Hall–Kier alpha value is -2.81. The number of rotatable bonds is 8. The molecule has 4 heterocycles. The number of ether oxygens (including phenoxy) is 4. The van der Waals surface area contributed by atoms with Crippen LogP contribution in [0.25, 0.3) is 0 Å². The lowest BCUT2D eigenvalue weighted by Gasteiger charge is -2.26. The molecule has 2 aromatic rings. The largest absolute Gasteiger partial charge is 0.491 e. The maximum absolute atomic E-state index is 13.9. The van der Waals surface area contributed by atoms with Gasteiger partial charge in [0.05, 0.1) is 13.2 Å². The van der Waals surface area contributed by atoms with Gasteiger partial charge in [-0.2, -0.15) is 0 Å². The quantitative estimate of drug-likeness (QED) is 0.599. The minimum atomic E-state index is -0.821. The van der Waals surface area contributed by atoms with Crippen molar-refractivity contribution in [3.63, 3.8) is 0 Å². The first-order valence-electron chi connectivity index (χ1n) is 12.3. The highest BCUT2D eigenvalue weighted by atomic mass is 16.7. The van der Waals surface area contributed by atoms with Crippen molar-refractivity contribution in [1.29, 1.82) is 0 Å². The Bertz CT molecular complexity index is 1070. The third-order valence-electron chi connectivity index (χ3n) is 7.31. The van der Waals surface area contributed by atoms with Crippen LogP contribution < -0.4 is 24.4 Å². The number of carbonyl (C=O) groups excluding carboxylic acids is 1. The highest BCUT2D eigenvalue weighted by molar-refractivity contribution is 6.11. The number of para-hydroxylation sites is 1. The average molecular weight is 466 g/mol. The predicted molar refractivity (Wildman–Crippen MR) is 127 cm³/mol. The summed E-state index contributed by atoms with van der Waals surface area (Å²) >= 11 is 0. The molecule has 0 bridgehead atoms. The Kier molecular flexibility index (Phi) is 5.80. The smallest absolute Gasteiger partial charge is 0.245 e. The lowest BCUT2D eigenvalue weighted by atomic mass is 9.77. The summed E-state index contributed by atoms with van der Waals surface area (Å²) in [4.78, 5) is 18.3. The summed E-state index contributed by atoms with van der Waals surface area (Å²) in [5.41, 5.74) is 2.04. The third-order valence-corrected chi connectivity index (χ3v) is 7.31. The molecule has 0 aromatic heterocycles. The highest BCUT2D eigenvalue weighted by Crippen LogP contribution is 2.54. The van der Waals surface area contributed by atoms with Crippen molar-refractivity contribution in [2.45, 2.75) is 18.3 Å². The number of benzene rings is 2. The van der Waals surface area contributed by atoms with Crippen LogP contribution in [0.5, 0.6) is 17.2 Å². The summed E-state index contributed by atoms with van der Waals surface area (Å²) < 4.78 is 22.6. The summed E-state index contributed by atoms with van der Waals surface area (Å²) in [5.74, 6) is 2.13. The van der Waals surface area contributed by atoms with Crippen molar-refractivity contribution in [3.8, 4) is 17.2 Å². The minimum absolute atomic E-state index is 0.0821. The van der Waals surface area contributed by atoms with Crippen LogP contribution in [0.2, 0.25) is 0 Å². The molecule has 4 aliphatic rings. The summed E-state index contributed by atoms with van der Waals surface area (Å²) in [6.45, 7) is 7.91. The van der Waals surface area contributed by atoms with E-state index < -0.39 is 5.41 Å². The van der Waals surface area contributed by atoms with Gasteiger partial charge >= 0.3 is 0 Å². The molecule has 8 heteroatoms. The van der Waals surface area contributed by atoms with Gasteiger partial charge in [-0.1, -0.05) is 18.2 Å². The molecule has 1 amide bonds. The predicted octanol–water partition coefficient (Wildman–Crippen LogP) is 2.14. The van der Waals surface area contributed by atoms with E-state index in [1.54, 1.807) is 0 Å². The van der Waals surface area contributed by atoms with Crippen molar-refractivity contribution in [2.24, 2.45) is 0 Å². The zero-order chi connectivity index (χ0) is 23.0. The van der Waals surface area contributed by atoms with E-state index in [1.807, 2.05) is 35.2 Å². The molecule has 0 radical (unpaired) electrons. The number of morpholine rings is 1. The van der Waals surface area contributed by atoms with Crippen LogP contribution in [0, 0.1) is 0 Å². The molecule has 1 N–H and O–H groups in total. The van der Waals surface area contributed by atoms with Crippen LogP contribution in [-0.2, 0) is 14.9 Å². The number of hydrogen-bond acceptors (Lipinski definition) is 7. The topological polar surface area (TPSA) is 72.5 Å². The fourth-order valence-electron chi connectivity index (χ4n) is 5.53. The Morgan fingerprint density at radius 1 is 0.882 bits per heavy atom. The van der Waals surface area contributed by atoms with Gasteiger partial charge in [-0.3, -0.25) is 9.69 Å². The second-order valence-electron chi connectivity index (χ2n) is 9.28. The zero-order valence-electron chi connectivity index (χ0n) is 19.4. The van der Waals surface area contributed by atoms with Crippen LogP contribution in [0.15, 0.2) is 36.4 Å². The molecule has 0 saturated carbocycles. The van der Waals surface area contributed by atoms with Gasteiger partial charge in [-0.25, -0.2) is 0 Å². The maximum Gasteiger partial charge on any atom is 0.245 e. The lowest BCUT2D eigenvalue weighted by Crippen LogP contribution is -2.43. The molecule has 1 unspecified atom stereocenters. The molecule has 1 fully saturated rings. The van der Waals surface area contributed by atoms with Gasteiger partial charge < -0.3 is 29.2 Å². The van der Waals surface area contributed by atoms with Crippen LogP contribution in [-0.4, -0.2) is 76.7 Å². The van der Waals surface area contributed by atoms with Gasteiger partial charge in [0.1, 0.15) is 17.8 Å². The molecule has 6 rings (SSSR count). The van der Waals surface area contributed by atoms with Crippen LogP contribution in [0.4, 0.5) is 5.69 Å². The first-order valence-corrected chi connectivity index (χ1v) is 12.3. The van der Waals surface area contributed by atoms with E-state index >= 15 is 0 Å². The SMILES string of the molecule is O=C1N(CCCNCCCN2CCOCC2)c2ccccc2C12COc1cc3c(cc12)OCO3. The number of fused-ring (bicyclic) bond motifs is 5. The van der Waals surface area contributed by atoms with Crippen LogP contribution in [0.1, 0.15) is 24.0 Å². The third kappa shape index (κ3) is 3.61. The van der Waals surface area contributed by atoms with Crippen molar-refractivity contribution in [3.05, 3.63) is 47.5 Å². The van der Waals surface area contributed by atoms with Gasteiger partial charge in [0.15, 0.2) is 11.5 Å². The average Bonchev–Trinajstić information content (AvgIpc) is 3.55. The molecule has 1 saturated heterocycles. The second-order valence-corrected chi connectivity index (χ2v) is 9.28. The fraction of sp³-hybridized carbons (Fsp3) is 0.500. The first-order chi connectivity index (χ1) is 16.8. The molecule has 2 aromatic carbocycles. The molecule has 0 aliphatic carbocycles. The number of hydrogen-bond donors (Lipinski definition) is 1. The van der Waals surface area contributed by atoms with Gasteiger partial charge in [0, 0.05) is 37.0 Å². The van der Waals surface area contributed by atoms with E-state index in [1.165, 1.54) is 0 Å². The Morgan fingerprint density at radius 2 is 1.65 bits per heavy atom. The van der Waals surface area contributed by atoms with E-state index in [4.69, 9.17) is 18.9 Å². The number of amides is 1. The van der Waals surface area contributed by atoms with Gasteiger partial charge in [-0.15, -0.1) is 0 Å². The number of anilines is 1. The van der Waals surface area contributed by atoms with Gasteiger partial charge in [0.2, 0.25) is 12.7 Å². The normalized spacial score (nSPS) is 22.8. The number of nitrogens with one attached hydrogen (secondary N) is 1. The van der Waals surface area contributed by atoms with E-state index in [9.17, 15) is 4.79 Å². The Balaban J connectivity index is 1.11. The van der Waals surface area contributed by atoms with Crippen molar-refractivity contribution in [1.82, 2.24) is 10.2 Å². The zero-order valence-corrected chi connectivity index (χ0v) is 19.4. The number of nitrogens with zero attached hydrogens (tertiary/aromatic N) is 2. The van der Waals surface area contributed by atoms with Crippen LogP contribution >= 0.6 is 0 Å². The monoisotopic (exact) mass is 465 g/mol. The highest BCUT2D eigenvalue weighted by Gasteiger charge is 2.57. The summed E-state index contributed by atoms with van der Waals surface area (Å²) in [6, 6.07) is 11.9. The summed E-state index contributed by atoms with van der Waals surface area (Å²) in [5, 5.41) is 3.54. The fourth-order valence-corrected chi connectivity index (χ4v) is 5.53. The van der Waals surface area contributed by atoms with E-state index in [2.05, 4.69) is 16.3 Å². The summed E-state index contributed by atoms with van der Waals surface area (Å²) in [7, 11) is 0. The molecule has 180 valence electrons. The second kappa shape index (κ2) is 9.09. The standard InChI is InChI=1S/C26H31N3O5/c30-25-26(17-32-22-16-24-23(15-20(22)26)33-18-34-24)19-5-1-2-6-21(19)29(25)10-4-8-27-7-3-9-28-11-13-31-14-12-28/h1-2,5-6,15-16,27H,3-4,7-14,17-18H2. The molecular weight excluding hydrogens is 434 g/mol. The first kappa shape index (κ1) is 21.7. The summed E-state index contributed by atoms with van der Waals surface area (Å²) in [6.07, 6.45) is 2.02. The molecule has 34 heavy (non-hydrogen) atoms. The van der Waals surface area contributed by atoms with E-state index in [0.717, 1.165) is 75.6 Å². The van der Waals surface area contributed by atoms with Gasteiger partial charge in [0.25, 0.3) is 0 Å². The lowest BCUT2D eigenvalue weighted by molar-refractivity contribution is -0.122. The Labute approximate surface area is 199 Å². The van der Waals surface area contributed by atoms with E-state index in [-0.39, 0.29) is 12.7 Å². The number of carbonyl (C=O) groups is 1. The molecule has 8 nitrogen and oxygen atoms in total. The molecular formula is C26H31N3O5. The molecule has 1 spiro atoms. The van der Waals surface area contributed by atoms with Crippen LogP contribution in [0.3, 0.4) is 0 Å². The maximum atomic E-state index is 13.9. The Morgan fingerprint density at radius 3 is 2.50 bits per heavy atom. The van der Waals surface area contributed by atoms with Crippen molar-refractivity contribution in [2.75, 3.05) is 70.8 Å². The van der Waals surface area contributed by atoms with Gasteiger partial charge in [-0.05, 0) is 50.2 Å². The van der Waals surface area contributed by atoms with E-state index in [0.29, 0.717) is 30.4 Å². The molecule has 1 atom stereocenters. The minimum Gasteiger partial charge on any atom is -0.491 e. The van der Waals surface area contributed by atoms with Crippen molar-refractivity contribution < 1.29 is 23.7 Å². The van der Waals surface area contributed by atoms with Crippen molar-refractivity contribution >= 4 is 11.6 Å². The molecule has 4 aliphatic heterocycles.